The van der Waals surface area contributed by atoms with Gasteiger partial charge in [0.25, 0.3) is 0 Å². The molecule has 0 amide bonds. The summed E-state index contributed by atoms with van der Waals surface area (Å²) in [5.74, 6) is 6.49. The number of nitrogens with one attached hydrogen (secondary N) is 1. The zero-order chi connectivity index (χ0) is 13.1. The molecule has 7 heteroatoms. The minimum atomic E-state index is 0.148. The lowest BCUT2D eigenvalue weighted by molar-refractivity contribution is 0.0820. The minimum Gasteiger partial charge on any atom is -0.377 e. The van der Waals surface area contributed by atoms with Crippen molar-refractivity contribution in [3.63, 3.8) is 0 Å². The number of rotatable bonds is 2. The largest absolute Gasteiger partial charge is 0.377 e. The molecular formula is C11H16Cl2N4O. The van der Waals surface area contributed by atoms with Crippen molar-refractivity contribution in [1.82, 2.24) is 4.98 Å². The summed E-state index contributed by atoms with van der Waals surface area (Å²) in [6, 6.07) is 1.65. The molecule has 1 aromatic heterocycles. The maximum atomic E-state index is 6.19. The maximum Gasteiger partial charge on any atom is 0.161 e. The molecule has 5 nitrogen and oxygen atoms in total. The average molecular weight is 291 g/mol. The molecule has 2 heterocycles. The quantitative estimate of drug-likeness (QED) is 0.646. The molecule has 0 bridgehead atoms. The number of pyridine rings is 1. The Kier molecular flexibility index (Phi) is 4.50. The highest BCUT2D eigenvalue weighted by molar-refractivity contribution is 6.37. The van der Waals surface area contributed by atoms with Gasteiger partial charge in [0.2, 0.25) is 0 Å². The molecule has 1 aliphatic heterocycles. The summed E-state index contributed by atoms with van der Waals surface area (Å²) in [6.07, 6.45) is 1.09. The third-order valence-corrected chi connectivity index (χ3v) is 3.37. The highest BCUT2D eigenvalue weighted by atomic mass is 35.5. The first-order valence-corrected chi connectivity index (χ1v) is 6.56. The highest BCUT2D eigenvalue weighted by Crippen LogP contribution is 2.31. The van der Waals surface area contributed by atoms with E-state index >= 15 is 0 Å². The molecule has 0 aliphatic carbocycles. The van der Waals surface area contributed by atoms with Crippen LogP contribution in [0.3, 0.4) is 0 Å². The zero-order valence-corrected chi connectivity index (χ0v) is 11.6. The topological polar surface area (TPSA) is 63.4 Å². The van der Waals surface area contributed by atoms with Crippen LogP contribution in [0.4, 0.5) is 11.6 Å². The number of nitrogens with zero attached hydrogens (tertiary/aromatic N) is 2. The van der Waals surface area contributed by atoms with E-state index < -0.39 is 0 Å². The van der Waals surface area contributed by atoms with Crippen molar-refractivity contribution in [2.24, 2.45) is 5.84 Å². The third-order valence-electron chi connectivity index (χ3n) is 2.80. The Labute approximate surface area is 116 Å². The molecule has 0 spiro atoms. The van der Waals surface area contributed by atoms with Crippen LogP contribution in [0.15, 0.2) is 6.07 Å². The molecule has 0 saturated carbocycles. The number of hydrogen-bond acceptors (Lipinski definition) is 5. The van der Waals surface area contributed by atoms with Crippen molar-refractivity contribution in [1.29, 1.82) is 0 Å². The van der Waals surface area contributed by atoms with Crippen molar-refractivity contribution < 1.29 is 4.74 Å². The van der Waals surface area contributed by atoms with E-state index in [9.17, 15) is 0 Å². The number of nitrogen functional groups attached to an aromatic ring is 1. The van der Waals surface area contributed by atoms with Crippen molar-refractivity contribution >= 4 is 34.8 Å². The van der Waals surface area contributed by atoms with E-state index in [-0.39, 0.29) is 6.10 Å². The van der Waals surface area contributed by atoms with E-state index in [1.54, 1.807) is 6.07 Å². The molecule has 3 N–H and O–H groups in total. The van der Waals surface area contributed by atoms with Gasteiger partial charge >= 0.3 is 0 Å². The minimum absolute atomic E-state index is 0.148. The summed E-state index contributed by atoms with van der Waals surface area (Å²) in [4.78, 5) is 6.45. The summed E-state index contributed by atoms with van der Waals surface area (Å²) in [7, 11) is 0. The second-order valence-corrected chi connectivity index (χ2v) is 5.06. The van der Waals surface area contributed by atoms with Crippen LogP contribution in [0.5, 0.6) is 0 Å². The van der Waals surface area contributed by atoms with Gasteiger partial charge in [-0.1, -0.05) is 23.2 Å². The molecule has 0 aromatic carbocycles. The summed E-state index contributed by atoms with van der Waals surface area (Å²) >= 11 is 12.2. The van der Waals surface area contributed by atoms with Gasteiger partial charge in [0.1, 0.15) is 5.82 Å². The van der Waals surface area contributed by atoms with Crippen LogP contribution >= 0.6 is 23.2 Å². The zero-order valence-electron chi connectivity index (χ0n) is 10.1. The Bertz CT molecular complexity index is 430. The Morgan fingerprint density at radius 2 is 2.28 bits per heavy atom. The van der Waals surface area contributed by atoms with Gasteiger partial charge < -0.3 is 15.1 Å². The smallest absolute Gasteiger partial charge is 0.161 e. The number of hydrogen-bond donors (Lipinski definition) is 2. The predicted molar refractivity (Wildman–Crippen MR) is 74.3 cm³/mol. The molecule has 1 atom stereocenters. The van der Waals surface area contributed by atoms with Crippen molar-refractivity contribution in [2.45, 2.75) is 19.4 Å². The lowest BCUT2D eigenvalue weighted by Gasteiger charge is -2.24. The van der Waals surface area contributed by atoms with Gasteiger partial charge in [-0.25, -0.2) is 10.8 Å². The molecule has 1 aliphatic rings. The molecule has 1 aromatic rings. The lowest BCUT2D eigenvalue weighted by atomic mass is 10.3. The van der Waals surface area contributed by atoms with E-state index in [1.807, 2.05) is 6.92 Å². The first-order chi connectivity index (χ1) is 8.61. The lowest BCUT2D eigenvalue weighted by Crippen LogP contribution is -2.31. The fourth-order valence-electron chi connectivity index (χ4n) is 1.97. The van der Waals surface area contributed by atoms with Gasteiger partial charge in [-0.2, -0.15) is 0 Å². The second kappa shape index (κ2) is 5.93. The normalized spacial score (nSPS) is 20.7. The van der Waals surface area contributed by atoms with Crippen LogP contribution in [0.1, 0.15) is 13.3 Å². The molecule has 0 radical (unpaired) electrons. The fourth-order valence-corrected chi connectivity index (χ4v) is 2.50. The number of aromatic nitrogens is 1. The summed E-state index contributed by atoms with van der Waals surface area (Å²) in [5, 5.41) is 0.929. The molecule has 100 valence electrons. The number of hydrazine groups is 1. The summed E-state index contributed by atoms with van der Waals surface area (Å²) in [5.41, 5.74) is 2.47. The molecular weight excluding hydrogens is 275 g/mol. The predicted octanol–water partition coefficient (Wildman–Crippen LogP) is 2.29. The van der Waals surface area contributed by atoms with E-state index in [0.717, 1.165) is 26.1 Å². The van der Waals surface area contributed by atoms with Crippen molar-refractivity contribution in [3.8, 4) is 0 Å². The van der Waals surface area contributed by atoms with E-state index in [4.69, 9.17) is 33.8 Å². The molecule has 1 unspecified atom stereocenters. The monoisotopic (exact) mass is 290 g/mol. The van der Waals surface area contributed by atoms with Gasteiger partial charge in [-0.05, 0) is 19.4 Å². The number of halogens is 2. The molecule has 1 saturated heterocycles. The Hall–Kier alpha value is -0.750. The van der Waals surface area contributed by atoms with Crippen LogP contribution < -0.4 is 16.2 Å². The number of anilines is 2. The summed E-state index contributed by atoms with van der Waals surface area (Å²) in [6.45, 7) is 4.39. The van der Waals surface area contributed by atoms with E-state index in [0.29, 0.717) is 21.7 Å². The Morgan fingerprint density at radius 1 is 1.50 bits per heavy atom. The number of nitrogens with two attached hydrogens (primary N) is 1. The first kappa shape index (κ1) is 13.7. The first-order valence-electron chi connectivity index (χ1n) is 5.81. The van der Waals surface area contributed by atoms with Crippen LogP contribution in [-0.2, 0) is 4.74 Å². The highest BCUT2D eigenvalue weighted by Gasteiger charge is 2.20. The molecule has 1 fully saturated rings. The standard InChI is InChI=1S/C11H16Cl2N4O/c1-7-6-17(3-2-4-18-7)11-9(13)5-8(12)10(15-11)16-14/h5,7H,2-4,6,14H2,1H3,(H,15,16). The van der Waals surface area contributed by atoms with Crippen LogP contribution in [0, 0.1) is 0 Å². The average Bonchev–Trinajstić information content (AvgIpc) is 2.54. The van der Waals surface area contributed by atoms with Gasteiger partial charge in [0.05, 0.1) is 16.1 Å². The van der Waals surface area contributed by atoms with E-state index in [2.05, 4.69) is 15.3 Å². The van der Waals surface area contributed by atoms with Gasteiger partial charge in [-0.3, -0.25) is 0 Å². The van der Waals surface area contributed by atoms with Gasteiger partial charge in [-0.15, -0.1) is 0 Å². The van der Waals surface area contributed by atoms with E-state index in [1.165, 1.54) is 0 Å². The summed E-state index contributed by atoms with van der Waals surface area (Å²) < 4.78 is 5.60. The maximum absolute atomic E-state index is 6.19. The van der Waals surface area contributed by atoms with Crippen LogP contribution in [0.2, 0.25) is 10.0 Å². The number of ether oxygens (including phenoxy) is 1. The molecule has 2 rings (SSSR count). The van der Waals surface area contributed by atoms with Crippen molar-refractivity contribution in [3.05, 3.63) is 16.1 Å². The van der Waals surface area contributed by atoms with Crippen LogP contribution in [-0.4, -0.2) is 30.8 Å². The second-order valence-electron chi connectivity index (χ2n) is 4.25. The van der Waals surface area contributed by atoms with Gasteiger partial charge in [0.15, 0.2) is 5.82 Å². The van der Waals surface area contributed by atoms with Crippen LogP contribution in [0.25, 0.3) is 0 Å². The Morgan fingerprint density at radius 3 is 3.00 bits per heavy atom. The third kappa shape index (κ3) is 2.98. The Balaban J connectivity index is 2.30. The molecule has 18 heavy (non-hydrogen) atoms. The SMILES string of the molecule is CC1CN(c2nc(NN)c(Cl)cc2Cl)CCCO1. The van der Waals surface area contributed by atoms with Gasteiger partial charge in [0, 0.05) is 19.7 Å². The van der Waals surface area contributed by atoms with Crippen molar-refractivity contribution in [2.75, 3.05) is 30.0 Å². The fraction of sp³-hybridized carbons (Fsp3) is 0.545.